The number of phenols is 1. The Morgan fingerprint density at radius 2 is 1.79 bits per heavy atom. The lowest BCUT2D eigenvalue weighted by atomic mass is 9.66. The maximum atomic E-state index is 12.6. The molecule has 0 radical (unpaired) electrons. The highest BCUT2D eigenvalue weighted by Gasteiger charge is 2.57. The number of esters is 1. The van der Waals surface area contributed by atoms with E-state index >= 15 is 0 Å². The van der Waals surface area contributed by atoms with Crippen LogP contribution in [0.15, 0.2) is 36.4 Å². The summed E-state index contributed by atoms with van der Waals surface area (Å²) >= 11 is 0. The summed E-state index contributed by atoms with van der Waals surface area (Å²) < 4.78 is 16.4. The van der Waals surface area contributed by atoms with Gasteiger partial charge in [0.15, 0.2) is 11.5 Å². The van der Waals surface area contributed by atoms with Gasteiger partial charge in [-0.15, -0.1) is 0 Å². The highest BCUT2D eigenvalue weighted by Crippen LogP contribution is 2.67. The van der Waals surface area contributed by atoms with Crippen molar-refractivity contribution >= 4 is 16.7 Å². The predicted molar refractivity (Wildman–Crippen MR) is 126 cm³/mol. The van der Waals surface area contributed by atoms with E-state index < -0.39 is 0 Å². The molecule has 6 rings (SSSR count). The molecule has 2 fully saturated rings. The Balaban J connectivity index is 1.68. The van der Waals surface area contributed by atoms with Gasteiger partial charge < -0.3 is 19.3 Å². The zero-order chi connectivity index (χ0) is 22.9. The molecule has 3 aromatic rings. The van der Waals surface area contributed by atoms with E-state index in [1.165, 1.54) is 30.4 Å². The molecule has 0 aromatic heterocycles. The number of benzene rings is 3. The summed E-state index contributed by atoms with van der Waals surface area (Å²) in [5, 5.41) is 12.8. The molecule has 3 aliphatic carbocycles. The molecule has 0 aliphatic heterocycles. The van der Waals surface area contributed by atoms with E-state index in [2.05, 4.69) is 12.1 Å². The minimum Gasteiger partial charge on any atom is -0.507 e. The molecular formula is C28H28O5. The van der Waals surface area contributed by atoms with Gasteiger partial charge in [-0.25, -0.2) is 4.79 Å². The van der Waals surface area contributed by atoms with Gasteiger partial charge in [0, 0.05) is 10.8 Å². The molecule has 3 aliphatic rings. The molecule has 5 nitrogen and oxygen atoms in total. The molecule has 0 saturated heterocycles. The third-order valence-electron chi connectivity index (χ3n) is 8.23. The number of carbonyl (C=O) groups excluding carboxylic acids is 1. The van der Waals surface area contributed by atoms with E-state index in [4.69, 9.17) is 14.2 Å². The van der Waals surface area contributed by atoms with Gasteiger partial charge in [-0.2, -0.15) is 0 Å². The van der Waals surface area contributed by atoms with Gasteiger partial charge in [0.25, 0.3) is 0 Å². The minimum atomic E-state index is -0.284. The maximum absolute atomic E-state index is 12.6. The van der Waals surface area contributed by atoms with Crippen LogP contribution < -0.4 is 9.47 Å². The number of hydrogen-bond donors (Lipinski definition) is 1. The van der Waals surface area contributed by atoms with E-state index in [1.54, 1.807) is 14.2 Å². The van der Waals surface area contributed by atoms with Gasteiger partial charge in [-0.05, 0) is 96.0 Å². The largest absolute Gasteiger partial charge is 0.507 e. The SMILES string of the molecule is CCOC(=O)c1ccc2c(c1)C1(CC3CCC1C3)c1cc(O)c3cc(OC)c(OC)cc3c1-2. The van der Waals surface area contributed by atoms with Crippen molar-refractivity contribution in [3.63, 3.8) is 0 Å². The van der Waals surface area contributed by atoms with Crippen LogP contribution in [0.1, 0.15) is 54.1 Å². The normalized spacial score (nSPS) is 24.2. The Kier molecular flexibility index (Phi) is 4.42. The topological polar surface area (TPSA) is 65.0 Å². The summed E-state index contributed by atoms with van der Waals surface area (Å²) in [6, 6.07) is 11.8. The number of rotatable bonds is 4. The fourth-order valence-corrected chi connectivity index (χ4v) is 6.98. The molecule has 33 heavy (non-hydrogen) atoms. The number of methoxy groups -OCH3 is 2. The summed E-state index contributed by atoms with van der Waals surface area (Å²) in [7, 11) is 3.23. The summed E-state index contributed by atoms with van der Waals surface area (Å²) in [5.74, 6) is 2.39. The second-order valence-corrected chi connectivity index (χ2v) is 9.60. The first kappa shape index (κ1) is 20.4. The highest BCUT2D eigenvalue weighted by atomic mass is 16.5. The van der Waals surface area contributed by atoms with Crippen LogP contribution in [0.4, 0.5) is 0 Å². The molecule has 170 valence electrons. The monoisotopic (exact) mass is 444 g/mol. The average Bonchev–Trinajstić information content (AvgIpc) is 3.51. The molecule has 3 atom stereocenters. The van der Waals surface area contributed by atoms with E-state index in [1.807, 2.05) is 31.2 Å². The standard InChI is InChI=1S/C28H28O5/c1-4-33-27(30)16-6-8-18-21(10-16)28(14-15-5-7-17(28)9-15)22-13-23(29)19-11-24(31-2)25(32-3)12-20(19)26(18)22/h6,8,10-13,15,17,29H,4-5,7,9,14H2,1-3H3. The van der Waals surface area contributed by atoms with E-state index in [9.17, 15) is 9.90 Å². The summed E-state index contributed by atoms with van der Waals surface area (Å²) in [6.45, 7) is 2.18. The fraction of sp³-hybridized carbons (Fsp3) is 0.393. The van der Waals surface area contributed by atoms with E-state index in [0.29, 0.717) is 35.5 Å². The third kappa shape index (κ3) is 2.62. The second kappa shape index (κ2) is 7.14. The Bertz CT molecular complexity index is 1310. The second-order valence-electron chi connectivity index (χ2n) is 9.60. The Labute approximate surface area is 193 Å². The lowest BCUT2D eigenvalue weighted by molar-refractivity contribution is 0.0526. The van der Waals surface area contributed by atoms with Crippen LogP contribution in [0.5, 0.6) is 17.2 Å². The van der Waals surface area contributed by atoms with Gasteiger partial charge in [-0.1, -0.05) is 12.5 Å². The van der Waals surface area contributed by atoms with Crippen LogP contribution in [-0.2, 0) is 10.2 Å². The molecule has 5 heteroatoms. The average molecular weight is 445 g/mol. The number of carbonyl (C=O) groups is 1. The van der Waals surface area contributed by atoms with Crippen molar-refractivity contribution in [2.24, 2.45) is 11.8 Å². The summed E-state index contributed by atoms with van der Waals surface area (Å²) in [6.07, 6.45) is 4.70. The van der Waals surface area contributed by atoms with Gasteiger partial charge in [0.1, 0.15) is 5.75 Å². The van der Waals surface area contributed by atoms with E-state index in [-0.39, 0.29) is 17.1 Å². The Hall–Kier alpha value is -3.21. The smallest absolute Gasteiger partial charge is 0.338 e. The lowest BCUT2D eigenvalue weighted by Crippen LogP contribution is -2.32. The predicted octanol–water partition coefficient (Wildman–Crippen LogP) is 5.83. The molecule has 1 N–H and O–H groups in total. The van der Waals surface area contributed by atoms with Crippen LogP contribution >= 0.6 is 0 Å². The molecule has 1 spiro atoms. The van der Waals surface area contributed by atoms with Gasteiger partial charge in [0.05, 0.1) is 26.4 Å². The molecular weight excluding hydrogens is 416 g/mol. The molecule has 2 saturated carbocycles. The van der Waals surface area contributed by atoms with Crippen LogP contribution in [0, 0.1) is 11.8 Å². The van der Waals surface area contributed by atoms with Crippen molar-refractivity contribution in [2.45, 2.75) is 38.0 Å². The lowest BCUT2D eigenvalue weighted by Gasteiger charge is -2.36. The maximum Gasteiger partial charge on any atom is 0.338 e. The van der Waals surface area contributed by atoms with Gasteiger partial charge in [0.2, 0.25) is 0 Å². The molecule has 0 amide bonds. The van der Waals surface area contributed by atoms with E-state index in [0.717, 1.165) is 28.3 Å². The van der Waals surface area contributed by atoms with Crippen LogP contribution in [0.2, 0.25) is 0 Å². The van der Waals surface area contributed by atoms with Crippen LogP contribution in [0.3, 0.4) is 0 Å². The molecule has 0 heterocycles. The zero-order valence-corrected chi connectivity index (χ0v) is 19.2. The van der Waals surface area contributed by atoms with Crippen molar-refractivity contribution in [2.75, 3.05) is 20.8 Å². The fourth-order valence-electron chi connectivity index (χ4n) is 6.98. The summed E-state index contributed by atoms with van der Waals surface area (Å²) in [4.78, 5) is 12.6. The molecule has 3 unspecified atom stereocenters. The minimum absolute atomic E-state index is 0.172. The molecule has 2 bridgehead atoms. The van der Waals surface area contributed by atoms with Crippen LogP contribution in [-0.4, -0.2) is 31.9 Å². The number of phenolic OH excluding ortho intramolecular Hbond substituents is 1. The first-order chi connectivity index (χ1) is 16.0. The Morgan fingerprint density at radius 3 is 2.42 bits per heavy atom. The summed E-state index contributed by atoms with van der Waals surface area (Å²) in [5.41, 5.74) is 5.09. The van der Waals surface area contributed by atoms with Crippen molar-refractivity contribution in [1.82, 2.24) is 0 Å². The van der Waals surface area contributed by atoms with Crippen molar-refractivity contribution in [3.05, 3.63) is 53.1 Å². The van der Waals surface area contributed by atoms with Gasteiger partial charge >= 0.3 is 5.97 Å². The Morgan fingerprint density at radius 1 is 1.03 bits per heavy atom. The number of aromatic hydroxyl groups is 1. The van der Waals surface area contributed by atoms with Crippen LogP contribution in [0.25, 0.3) is 21.9 Å². The number of hydrogen-bond acceptors (Lipinski definition) is 5. The highest BCUT2D eigenvalue weighted by molar-refractivity contribution is 6.07. The number of ether oxygens (including phenoxy) is 3. The van der Waals surface area contributed by atoms with Crippen molar-refractivity contribution in [1.29, 1.82) is 0 Å². The zero-order valence-electron chi connectivity index (χ0n) is 19.2. The molecule has 3 aromatic carbocycles. The first-order valence-electron chi connectivity index (χ1n) is 11.8. The quantitative estimate of drug-likeness (QED) is 0.513. The third-order valence-corrected chi connectivity index (χ3v) is 8.23. The van der Waals surface area contributed by atoms with Crippen molar-refractivity contribution < 1.29 is 24.1 Å². The first-order valence-corrected chi connectivity index (χ1v) is 11.8. The number of fused-ring (bicyclic) bond motifs is 10. The van der Waals surface area contributed by atoms with Crippen molar-refractivity contribution in [3.8, 4) is 28.4 Å². The van der Waals surface area contributed by atoms with Gasteiger partial charge in [-0.3, -0.25) is 0 Å².